The Labute approximate surface area is 82.7 Å². The lowest BCUT2D eigenvalue weighted by atomic mass is 9.94. The first-order chi connectivity index (χ1) is 6.36. The summed E-state index contributed by atoms with van der Waals surface area (Å²) in [7, 11) is 0. The molecule has 0 saturated carbocycles. The Morgan fingerprint density at radius 3 is 3.31 bits per heavy atom. The lowest BCUT2D eigenvalue weighted by molar-refractivity contribution is 0.505. The van der Waals surface area contributed by atoms with Gasteiger partial charge in [-0.1, -0.05) is 12.5 Å². The highest BCUT2D eigenvalue weighted by molar-refractivity contribution is 7.10. The zero-order valence-corrected chi connectivity index (χ0v) is 8.60. The lowest BCUT2D eigenvalue weighted by Gasteiger charge is -2.22. The average Bonchev–Trinajstić information content (AvgIpc) is 2.61. The molecule has 1 aromatic rings. The predicted molar refractivity (Wildman–Crippen MR) is 56.7 cm³/mol. The van der Waals surface area contributed by atoms with Crippen molar-refractivity contribution in [1.29, 1.82) is 0 Å². The highest BCUT2D eigenvalue weighted by Gasteiger charge is 2.13. The highest BCUT2D eigenvalue weighted by Crippen LogP contribution is 2.21. The van der Waals surface area contributed by atoms with Gasteiger partial charge in [0, 0.05) is 17.6 Å². The van der Waals surface area contributed by atoms with Gasteiger partial charge in [0.15, 0.2) is 0 Å². The molecular formula is C10H14N2S. The molecule has 0 bridgehead atoms. The molecule has 1 unspecified atom stereocenters. The molecule has 1 N–H and O–H groups in total. The largest absolute Gasteiger partial charge is 0.316 e. The molecule has 1 aliphatic rings. The van der Waals surface area contributed by atoms with Gasteiger partial charge in [-0.25, -0.2) is 0 Å². The summed E-state index contributed by atoms with van der Waals surface area (Å²) >= 11 is 1.71. The molecule has 13 heavy (non-hydrogen) atoms. The second kappa shape index (κ2) is 4.03. The van der Waals surface area contributed by atoms with Gasteiger partial charge >= 0.3 is 0 Å². The predicted octanol–water partition coefficient (Wildman–Crippen LogP) is 2.16. The van der Waals surface area contributed by atoms with E-state index in [2.05, 4.69) is 23.3 Å². The molecule has 3 heteroatoms. The second-order valence-corrected chi connectivity index (χ2v) is 4.40. The standard InChI is InChI=1S/C10H14N2S/c1-8-5-11-3-2-9(8)4-10-6-12-7-13-10/h4,6-8,11H,2-3,5H2,1H3/b9-4-. The fourth-order valence-corrected chi connectivity index (χ4v) is 2.21. The van der Waals surface area contributed by atoms with Crippen LogP contribution in [0.5, 0.6) is 0 Å². The number of thiazole rings is 1. The third kappa shape index (κ3) is 2.17. The van der Waals surface area contributed by atoms with Crippen LogP contribution in [0.3, 0.4) is 0 Å². The number of hydrogen-bond acceptors (Lipinski definition) is 3. The fourth-order valence-electron chi connectivity index (χ4n) is 1.62. The van der Waals surface area contributed by atoms with E-state index in [-0.39, 0.29) is 0 Å². The Balaban J connectivity index is 2.14. The third-order valence-corrected chi connectivity index (χ3v) is 3.18. The first kappa shape index (κ1) is 8.91. The van der Waals surface area contributed by atoms with Crippen molar-refractivity contribution >= 4 is 17.4 Å². The van der Waals surface area contributed by atoms with Crippen molar-refractivity contribution in [3.8, 4) is 0 Å². The number of aromatic nitrogens is 1. The summed E-state index contributed by atoms with van der Waals surface area (Å²) in [6.45, 7) is 4.51. The minimum Gasteiger partial charge on any atom is -0.316 e. The molecule has 1 saturated heterocycles. The van der Waals surface area contributed by atoms with E-state index in [1.54, 1.807) is 16.9 Å². The maximum absolute atomic E-state index is 4.07. The Morgan fingerprint density at radius 1 is 1.69 bits per heavy atom. The van der Waals surface area contributed by atoms with Gasteiger partial charge in [-0.3, -0.25) is 4.98 Å². The monoisotopic (exact) mass is 194 g/mol. The van der Waals surface area contributed by atoms with E-state index in [0.717, 1.165) is 13.1 Å². The van der Waals surface area contributed by atoms with Crippen molar-refractivity contribution in [2.24, 2.45) is 5.92 Å². The van der Waals surface area contributed by atoms with Crippen LogP contribution >= 0.6 is 11.3 Å². The molecule has 1 atom stereocenters. The lowest BCUT2D eigenvalue weighted by Crippen LogP contribution is -2.29. The van der Waals surface area contributed by atoms with Crippen molar-refractivity contribution in [2.75, 3.05) is 13.1 Å². The Morgan fingerprint density at radius 2 is 2.62 bits per heavy atom. The van der Waals surface area contributed by atoms with Crippen LogP contribution in [0.4, 0.5) is 0 Å². The smallest absolute Gasteiger partial charge is 0.0797 e. The highest BCUT2D eigenvalue weighted by atomic mass is 32.1. The maximum Gasteiger partial charge on any atom is 0.0797 e. The number of rotatable bonds is 1. The van der Waals surface area contributed by atoms with Crippen LogP contribution in [0.2, 0.25) is 0 Å². The fraction of sp³-hybridized carbons (Fsp3) is 0.500. The summed E-state index contributed by atoms with van der Waals surface area (Å²) in [5, 5.41) is 3.39. The van der Waals surface area contributed by atoms with Gasteiger partial charge in [0.25, 0.3) is 0 Å². The normalized spacial score (nSPS) is 26.5. The molecule has 2 nitrogen and oxygen atoms in total. The number of piperidine rings is 1. The van der Waals surface area contributed by atoms with Gasteiger partial charge in [0.1, 0.15) is 0 Å². The van der Waals surface area contributed by atoms with E-state index in [1.807, 2.05) is 11.7 Å². The average molecular weight is 194 g/mol. The summed E-state index contributed by atoms with van der Waals surface area (Å²) in [5.41, 5.74) is 3.45. The van der Waals surface area contributed by atoms with Gasteiger partial charge < -0.3 is 5.32 Å². The summed E-state index contributed by atoms with van der Waals surface area (Å²) in [5.74, 6) is 0.677. The first-order valence-corrected chi connectivity index (χ1v) is 5.54. The van der Waals surface area contributed by atoms with Gasteiger partial charge in [-0.2, -0.15) is 0 Å². The van der Waals surface area contributed by atoms with Crippen molar-refractivity contribution in [2.45, 2.75) is 13.3 Å². The maximum atomic E-state index is 4.07. The number of nitrogens with zero attached hydrogens (tertiary/aromatic N) is 1. The van der Waals surface area contributed by atoms with E-state index in [4.69, 9.17) is 0 Å². The van der Waals surface area contributed by atoms with Crippen LogP contribution in [-0.2, 0) is 0 Å². The van der Waals surface area contributed by atoms with Gasteiger partial charge in [0.05, 0.1) is 5.51 Å². The molecule has 1 fully saturated rings. The third-order valence-electron chi connectivity index (χ3n) is 2.45. The molecule has 1 aromatic heterocycles. The van der Waals surface area contributed by atoms with Crippen molar-refractivity contribution < 1.29 is 0 Å². The number of hydrogen-bond donors (Lipinski definition) is 1. The van der Waals surface area contributed by atoms with Crippen LogP contribution in [0.25, 0.3) is 6.08 Å². The SMILES string of the molecule is CC1CNCC/C1=C/c1cncs1. The topological polar surface area (TPSA) is 24.9 Å². The zero-order valence-electron chi connectivity index (χ0n) is 7.79. The Hall–Kier alpha value is -0.670. The molecule has 0 aromatic carbocycles. The molecule has 0 aliphatic carbocycles. The van der Waals surface area contributed by atoms with Gasteiger partial charge in [0.2, 0.25) is 0 Å². The van der Waals surface area contributed by atoms with E-state index in [9.17, 15) is 0 Å². The minimum absolute atomic E-state index is 0.677. The van der Waals surface area contributed by atoms with Gasteiger partial charge in [-0.15, -0.1) is 11.3 Å². The molecule has 2 heterocycles. The molecule has 0 amide bonds. The number of nitrogens with one attached hydrogen (secondary N) is 1. The summed E-state index contributed by atoms with van der Waals surface area (Å²) < 4.78 is 0. The van der Waals surface area contributed by atoms with E-state index in [1.165, 1.54) is 11.3 Å². The molecule has 1 aliphatic heterocycles. The molecule has 0 radical (unpaired) electrons. The van der Waals surface area contributed by atoms with Crippen LogP contribution in [0.15, 0.2) is 17.3 Å². The Bertz CT molecular complexity index is 290. The van der Waals surface area contributed by atoms with Gasteiger partial charge in [-0.05, 0) is 25.0 Å². The van der Waals surface area contributed by atoms with Crippen LogP contribution in [0, 0.1) is 5.92 Å². The van der Waals surface area contributed by atoms with E-state index >= 15 is 0 Å². The van der Waals surface area contributed by atoms with Crippen molar-refractivity contribution in [3.63, 3.8) is 0 Å². The van der Waals surface area contributed by atoms with Crippen LogP contribution in [-0.4, -0.2) is 18.1 Å². The molecular weight excluding hydrogens is 180 g/mol. The van der Waals surface area contributed by atoms with Crippen molar-refractivity contribution in [1.82, 2.24) is 10.3 Å². The Kier molecular flexibility index (Phi) is 2.76. The van der Waals surface area contributed by atoms with Crippen LogP contribution < -0.4 is 5.32 Å². The van der Waals surface area contributed by atoms with E-state index < -0.39 is 0 Å². The quantitative estimate of drug-likeness (QED) is 0.741. The summed E-state index contributed by atoms with van der Waals surface area (Å²) in [6.07, 6.45) is 5.41. The zero-order chi connectivity index (χ0) is 9.10. The van der Waals surface area contributed by atoms with Crippen LogP contribution in [0.1, 0.15) is 18.2 Å². The minimum atomic E-state index is 0.677. The van der Waals surface area contributed by atoms with E-state index in [0.29, 0.717) is 5.92 Å². The molecule has 2 rings (SSSR count). The summed E-state index contributed by atoms with van der Waals surface area (Å²) in [6, 6.07) is 0. The second-order valence-electron chi connectivity index (χ2n) is 3.48. The van der Waals surface area contributed by atoms with Crippen molar-refractivity contribution in [3.05, 3.63) is 22.2 Å². The molecule has 0 spiro atoms. The first-order valence-electron chi connectivity index (χ1n) is 4.66. The summed E-state index contributed by atoms with van der Waals surface area (Å²) in [4.78, 5) is 5.35. The molecule has 70 valence electrons.